The fourth-order valence-electron chi connectivity index (χ4n) is 2.21. The average molecular weight is 359 g/mol. The highest BCUT2D eigenvalue weighted by Gasteiger charge is 2.34. The van der Waals surface area contributed by atoms with Gasteiger partial charge in [0.15, 0.2) is 0 Å². The number of nitrogens with zero attached hydrogens (tertiary/aromatic N) is 1. The number of piperazine rings is 1. The van der Waals surface area contributed by atoms with Crippen molar-refractivity contribution in [2.24, 2.45) is 0 Å². The van der Waals surface area contributed by atoms with Crippen molar-refractivity contribution in [1.82, 2.24) is 10.2 Å². The molecule has 1 aromatic carbocycles. The molecule has 1 fully saturated rings. The molecular formula is C14H16BrFN2O3. The minimum atomic E-state index is -0.728. The van der Waals surface area contributed by atoms with Crippen LogP contribution in [0.3, 0.4) is 0 Å². The van der Waals surface area contributed by atoms with Crippen LogP contribution < -0.4 is 5.32 Å². The molecule has 0 radical (unpaired) electrons. The Kier molecular flexibility index (Phi) is 5.30. The summed E-state index contributed by atoms with van der Waals surface area (Å²) in [5, 5.41) is 3.04. The van der Waals surface area contributed by atoms with Crippen LogP contribution in [0.25, 0.3) is 0 Å². The number of ether oxygens (including phenoxy) is 1. The predicted octanol–water partition coefficient (Wildman–Crippen LogP) is 1.57. The smallest absolute Gasteiger partial charge is 0.330 e. The van der Waals surface area contributed by atoms with E-state index in [1.165, 1.54) is 17.0 Å². The predicted molar refractivity (Wildman–Crippen MR) is 78.4 cm³/mol. The number of esters is 1. The minimum Gasteiger partial charge on any atom is -0.464 e. The molecule has 1 heterocycles. The number of rotatable bonds is 3. The van der Waals surface area contributed by atoms with E-state index in [4.69, 9.17) is 4.74 Å². The number of halogens is 2. The summed E-state index contributed by atoms with van der Waals surface area (Å²) < 4.78 is 19.5. The molecule has 1 aromatic rings. The first-order valence-corrected chi connectivity index (χ1v) is 7.47. The van der Waals surface area contributed by atoms with Crippen LogP contribution in [0.4, 0.5) is 4.39 Å². The van der Waals surface area contributed by atoms with Gasteiger partial charge < -0.3 is 15.0 Å². The van der Waals surface area contributed by atoms with E-state index in [1.807, 2.05) is 0 Å². The van der Waals surface area contributed by atoms with Crippen LogP contribution in [0, 0.1) is 5.82 Å². The lowest BCUT2D eigenvalue weighted by Gasteiger charge is -2.34. The van der Waals surface area contributed by atoms with Gasteiger partial charge in [0.25, 0.3) is 5.91 Å². The Balaban J connectivity index is 2.24. The normalized spacial score (nSPS) is 18.4. The summed E-state index contributed by atoms with van der Waals surface area (Å²) in [7, 11) is 0. The molecule has 0 spiro atoms. The molecule has 0 saturated carbocycles. The van der Waals surface area contributed by atoms with Crippen molar-refractivity contribution in [1.29, 1.82) is 0 Å². The molecule has 1 N–H and O–H groups in total. The lowest BCUT2D eigenvalue weighted by atomic mass is 10.1. The molecule has 1 saturated heterocycles. The van der Waals surface area contributed by atoms with Gasteiger partial charge in [-0.15, -0.1) is 0 Å². The quantitative estimate of drug-likeness (QED) is 0.833. The van der Waals surface area contributed by atoms with E-state index >= 15 is 0 Å². The Morgan fingerprint density at radius 2 is 2.29 bits per heavy atom. The Hall–Kier alpha value is -1.47. The summed E-state index contributed by atoms with van der Waals surface area (Å²) in [5.74, 6) is -1.59. The first kappa shape index (κ1) is 15.9. The first-order valence-electron chi connectivity index (χ1n) is 6.68. The van der Waals surface area contributed by atoms with Crippen LogP contribution in [-0.4, -0.2) is 49.1 Å². The van der Waals surface area contributed by atoms with Gasteiger partial charge in [0.1, 0.15) is 11.9 Å². The molecule has 5 nitrogen and oxygen atoms in total. The molecule has 0 aliphatic carbocycles. The van der Waals surface area contributed by atoms with Crippen LogP contribution in [0.1, 0.15) is 17.3 Å². The SMILES string of the molecule is CCOC(=O)C1CNCCN1C(=O)c1ccc(Br)cc1F. The van der Waals surface area contributed by atoms with Gasteiger partial charge in [-0.05, 0) is 25.1 Å². The standard InChI is InChI=1S/C14H16BrFN2O3/c1-2-21-14(20)12-8-17-5-6-18(12)13(19)10-4-3-9(15)7-11(10)16/h3-4,7,12,17H,2,5-6,8H2,1H3. The second-order valence-electron chi connectivity index (χ2n) is 4.59. The number of amides is 1. The van der Waals surface area contributed by atoms with E-state index < -0.39 is 23.7 Å². The third-order valence-corrected chi connectivity index (χ3v) is 3.72. The first-order chi connectivity index (χ1) is 10.0. The maximum atomic E-state index is 13.9. The van der Waals surface area contributed by atoms with E-state index in [0.717, 1.165) is 0 Å². The highest BCUT2D eigenvalue weighted by molar-refractivity contribution is 9.10. The maximum absolute atomic E-state index is 13.9. The average Bonchev–Trinajstić information content (AvgIpc) is 2.47. The van der Waals surface area contributed by atoms with Crippen molar-refractivity contribution < 1.29 is 18.7 Å². The molecule has 21 heavy (non-hydrogen) atoms. The van der Waals surface area contributed by atoms with Crippen LogP contribution >= 0.6 is 15.9 Å². The van der Waals surface area contributed by atoms with Gasteiger partial charge in [0.05, 0.1) is 12.2 Å². The van der Waals surface area contributed by atoms with E-state index in [9.17, 15) is 14.0 Å². The zero-order chi connectivity index (χ0) is 15.4. The van der Waals surface area contributed by atoms with Crippen LogP contribution in [0.2, 0.25) is 0 Å². The number of benzene rings is 1. The maximum Gasteiger partial charge on any atom is 0.330 e. The van der Waals surface area contributed by atoms with E-state index in [2.05, 4.69) is 21.2 Å². The molecule has 1 aliphatic rings. The van der Waals surface area contributed by atoms with Gasteiger partial charge in [-0.25, -0.2) is 9.18 Å². The molecule has 2 rings (SSSR count). The van der Waals surface area contributed by atoms with Crippen molar-refractivity contribution in [3.63, 3.8) is 0 Å². The molecule has 1 atom stereocenters. The third-order valence-electron chi connectivity index (χ3n) is 3.22. The molecule has 0 bridgehead atoms. The molecule has 1 amide bonds. The Labute approximate surface area is 130 Å². The molecule has 114 valence electrons. The number of nitrogens with one attached hydrogen (secondary N) is 1. The van der Waals surface area contributed by atoms with Crippen LogP contribution in [0.5, 0.6) is 0 Å². The molecule has 0 aromatic heterocycles. The second-order valence-corrected chi connectivity index (χ2v) is 5.51. The van der Waals surface area contributed by atoms with E-state index in [-0.39, 0.29) is 12.2 Å². The third kappa shape index (κ3) is 3.59. The van der Waals surface area contributed by atoms with Crippen LogP contribution in [-0.2, 0) is 9.53 Å². The zero-order valence-corrected chi connectivity index (χ0v) is 13.2. The second kappa shape index (κ2) is 7.00. The Morgan fingerprint density at radius 1 is 1.52 bits per heavy atom. The van der Waals surface area contributed by atoms with Gasteiger partial charge in [0, 0.05) is 24.1 Å². The highest BCUT2D eigenvalue weighted by atomic mass is 79.9. The van der Waals surface area contributed by atoms with Gasteiger partial charge in [-0.1, -0.05) is 15.9 Å². The van der Waals surface area contributed by atoms with E-state index in [1.54, 1.807) is 13.0 Å². The fourth-order valence-corrected chi connectivity index (χ4v) is 2.55. The molecule has 7 heteroatoms. The van der Waals surface area contributed by atoms with Crippen molar-refractivity contribution >= 4 is 27.8 Å². The summed E-state index contributed by atoms with van der Waals surface area (Å²) in [5.41, 5.74) is -0.0469. The van der Waals surface area contributed by atoms with Gasteiger partial charge in [0.2, 0.25) is 0 Å². The molecular weight excluding hydrogens is 343 g/mol. The summed E-state index contributed by atoms with van der Waals surface area (Å²) in [6, 6.07) is 3.51. The minimum absolute atomic E-state index is 0.0469. The summed E-state index contributed by atoms with van der Waals surface area (Å²) in [6.45, 7) is 3.14. The monoisotopic (exact) mass is 358 g/mol. The molecule has 1 aliphatic heterocycles. The van der Waals surface area contributed by atoms with Crippen molar-refractivity contribution in [2.45, 2.75) is 13.0 Å². The highest BCUT2D eigenvalue weighted by Crippen LogP contribution is 2.19. The number of carbonyl (C=O) groups is 2. The topological polar surface area (TPSA) is 58.6 Å². The number of carbonyl (C=O) groups excluding carboxylic acids is 2. The zero-order valence-electron chi connectivity index (χ0n) is 11.6. The lowest BCUT2D eigenvalue weighted by Crippen LogP contribution is -2.57. The largest absolute Gasteiger partial charge is 0.464 e. The molecule has 1 unspecified atom stereocenters. The fraction of sp³-hybridized carbons (Fsp3) is 0.429. The van der Waals surface area contributed by atoms with E-state index in [0.29, 0.717) is 24.1 Å². The van der Waals surface area contributed by atoms with Crippen molar-refractivity contribution in [3.05, 3.63) is 34.1 Å². The summed E-state index contributed by atoms with van der Waals surface area (Å²) in [6.07, 6.45) is 0. The number of hydrogen-bond acceptors (Lipinski definition) is 4. The number of hydrogen-bond donors (Lipinski definition) is 1. The van der Waals surface area contributed by atoms with Gasteiger partial charge in [-0.3, -0.25) is 4.79 Å². The Bertz CT molecular complexity index is 553. The van der Waals surface area contributed by atoms with Crippen molar-refractivity contribution in [2.75, 3.05) is 26.2 Å². The summed E-state index contributed by atoms with van der Waals surface area (Å²) in [4.78, 5) is 25.8. The van der Waals surface area contributed by atoms with Crippen LogP contribution in [0.15, 0.2) is 22.7 Å². The lowest BCUT2D eigenvalue weighted by molar-refractivity contribution is -0.149. The van der Waals surface area contributed by atoms with Gasteiger partial charge >= 0.3 is 5.97 Å². The van der Waals surface area contributed by atoms with Gasteiger partial charge in [-0.2, -0.15) is 0 Å². The Morgan fingerprint density at radius 3 is 2.95 bits per heavy atom. The summed E-state index contributed by atoms with van der Waals surface area (Å²) >= 11 is 3.15. The van der Waals surface area contributed by atoms with Crippen molar-refractivity contribution in [3.8, 4) is 0 Å².